The molecule has 0 spiro atoms. The smallest absolute Gasteiger partial charge is 0.456 e. The molecule has 2 amide bonds. The number of carbonyl (C=O) groups is 4. The van der Waals surface area contributed by atoms with Crippen molar-refractivity contribution in [3.05, 3.63) is 143 Å². The van der Waals surface area contributed by atoms with Crippen molar-refractivity contribution in [1.29, 1.82) is 0 Å². The van der Waals surface area contributed by atoms with Gasteiger partial charge in [0.2, 0.25) is 15.8 Å². The molecule has 3 aliphatic rings. The number of thiazole rings is 1. The van der Waals surface area contributed by atoms with Crippen molar-refractivity contribution in [3.8, 4) is 0 Å². The lowest BCUT2D eigenvalue weighted by molar-refractivity contribution is -0.751. The summed E-state index contributed by atoms with van der Waals surface area (Å²) in [7, 11) is 0. The van der Waals surface area contributed by atoms with Crippen LogP contribution in [0.25, 0.3) is 10.4 Å². The Labute approximate surface area is 393 Å². The lowest BCUT2D eigenvalue weighted by atomic mass is 9.77. The quantitative estimate of drug-likeness (QED) is 0.0214. The highest BCUT2D eigenvalue weighted by atomic mass is 32.2. The van der Waals surface area contributed by atoms with E-state index in [0.29, 0.717) is 33.6 Å². The van der Waals surface area contributed by atoms with Gasteiger partial charge >= 0.3 is 18.2 Å². The van der Waals surface area contributed by atoms with Gasteiger partial charge in [0.05, 0.1) is 50.3 Å². The molecule has 1 N–H and O–H groups in total. The highest BCUT2D eigenvalue weighted by Crippen LogP contribution is 2.52. The summed E-state index contributed by atoms with van der Waals surface area (Å²) < 4.78 is 26.0. The van der Waals surface area contributed by atoms with Crippen LogP contribution in [0.3, 0.4) is 0 Å². The van der Waals surface area contributed by atoms with Crippen LogP contribution in [0.2, 0.25) is 0 Å². The van der Waals surface area contributed by atoms with Crippen LogP contribution in [-0.2, 0) is 48.4 Å². The van der Waals surface area contributed by atoms with Gasteiger partial charge in [-0.1, -0.05) is 30.0 Å². The van der Waals surface area contributed by atoms with Crippen LogP contribution in [0.5, 0.6) is 0 Å². The fraction of sp³-hybridized carbons (Fsp3) is 0.341. The van der Waals surface area contributed by atoms with Gasteiger partial charge in [-0.15, -0.1) is 0 Å². The number of likely N-dealkylation sites (tertiary alicyclic amines) is 1. The Balaban J connectivity index is 1.03. The Morgan fingerprint density at radius 1 is 0.838 bits per heavy atom. The van der Waals surface area contributed by atoms with Gasteiger partial charge in [-0.3, -0.25) is 40.0 Å². The molecule has 68 heavy (non-hydrogen) atoms. The third-order valence-corrected chi connectivity index (χ3v) is 14.2. The van der Waals surface area contributed by atoms with Crippen LogP contribution in [0, 0.1) is 42.2 Å². The number of ether oxygens (including phenoxy) is 4. The number of carbonyl (C=O) groups excluding carboxylic acids is 4. The number of hydrogen-bond acceptors (Lipinski definition) is 17. The highest BCUT2D eigenvalue weighted by molar-refractivity contribution is 7.98. The summed E-state index contributed by atoms with van der Waals surface area (Å²) in [5.74, 6) is -2.30. The summed E-state index contributed by atoms with van der Waals surface area (Å²) in [5.41, 5.74) is 1.74. The van der Waals surface area contributed by atoms with Crippen LogP contribution in [0.15, 0.2) is 96.0 Å². The van der Waals surface area contributed by atoms with Gasteiger partial charge in [0.1, 0.15) is 44.4 Å². The number of nitro groups is 3. The molecule has 2 aromatic heterocycles. The Morgan fingerprint density at radius 2 is 1.37 bits per heavy atom. The molecule has 0 bridgehead atoms. The molecular formula is C44H42N7O15S2+. The number of aromatic nitrogens is 2. The Kier molecular flexibility index (Phi) is 13.4. The molecule has 3 aliphatic heterocycles. The van der Waals surface area contributed by atoms with E-state index in [0.717, 1.165) is 9.86 Å². The van der Waals surface area contributed by atoms with Crippen molar-refractivity contribution in [1.82, 2.24) is 14.2 Å². The number of aliphatic hydroxyl groups excluding tert-OH is 1. The molecule has 22 nitrogen and oxygen atoms in total. The largest absolute Gasteiger partial charge is 0.508 e. The summed E-state index contributed by atoms with van der Waals surface area (Å²) in [4.78, 5) is 90.0. The Bertz CT molecular complexity index is 2850. The molecule has 0 radical (unpaired) electrons. The van der Waals surface area contributed by atoms with Crippen molar-refractivity contribution in [2.75, 3.05) is 19.4 Å². The minimum absolute atomic E-state index is 0.0576. The van der Waals surface area contributed by atoms with E-state index in [1.54, 1.807) is 0 Å². The maximum atomic E-state index is 14.0. The van der Waals surface area contributed by atoms with Gasteiger partial charge in [0, 0.05) is 54.3 Å². The van der Waals surface area contributed by atoms with E-state index in [4.69, 9.17) is 18.9 Å². The predicted octanol–water partition coefficient (Wildman–Crippen LogP) is 6.35. The monoisotopic (exact) mass is 972 g/mol. The van der Waals surface area contributed by atoms with Crippen molar-refractivity contribution >= 4 is 74.7 Å². The molecule has 8 rings (SSSR count). The average molecular weight is 973 g/mol. The van der Waals surface area contributed by atoms with Crippen LogP contribution in [-0.4, -0.2) is 95.8 Å². The molecule has 354 valence electrons. The fourth-order valence-corrected chi connectivity index (χ4v) is 11.0. The molecule has 2 saturated heterocycles. The number of benzene rings is 3. The number of non-ortho nitro benzene ring substituents is 3. The van der Waals surface area contributed by atoms with Gasteiger partial charge < -0.3 is 29.0 Å². The van der Waals surface area contributed by atoms with E-state index in [9.17, 15) is 54.6 Å². The second-order valence-corrected chi connectivity index (χ2v) is 18.1. The molecule has 0 unspecified atom stereocenters. The van der Waals surface area contributed by atoms with E-state index < -0.39 is 63.0 Å². The number of fused-ring (bicyclic) bond motifs is 2. The second kappa shape index (κ2) is 19.4. The summed E-state index contributed by atoms with van der Waals surface area (Å²) in [6, 6.07) is 15.0. The van der Waals surface area contributed by atoms with E-state index >= 15 is 0 Å². The molecule has 0 saturated carbocycles. The molecule has 6 atom stereocenters. The molecule has 3 aromatic carbocycles. The average Bonchev–Trinajstić information content (AvgIpc) is 4.08. The van der Waals surface area contributed by atoms with Crippen molar-refractivity contribution in [2.24, 2.45) is 11.8 Å². The van der Waals surface area contributed by atoms with Crippen molar-refractivity contribution in [3.63, 3.8) is 0 Å². The van der Waals surface area contributed by atoms with Crippen LogP contribution < -0.4 is 4.57 Å². The maximum absolute atomic E-state index is 14.0. The predicted molar refractivity (Wildman–Crippen MR) is 239 cm³/mol. The van der Waals surface area contributed by atoms with Gasteiger partial charge in [0.25, 0.3) is 23.4 Å². The van der Waals surface area contributed by atoms with Crippen LogP contribution in [0.1, 0.15) is 47.9 Å². The normalized spacial score (nSPS) is 20.2. The molecule has 5 aromatic rings. The van der Waals surface area contributed by atoms with E-state index in [1.807, 2.05) is 34.7 Å². The summed E-state index contributed by atoms with van der Waals surface area (Å²) >= 11 is 2.81. The summed E-state index contributed by atoms with van der Waals surface area (Å²) in [6.45, 7) is 2.64. The Hall–Kier alpha value is -7.44. The third kappa shape index (κ3) is 9.28. The zero-order valence-electron chi connectivity index (χ0n) is 36.4. The van der Waals surface area contributed by atoms with Gasteiger partial charge in [0.15, 0.2) is 0 Å². The minimum atomic E-state index is -1.03. The maximum Gasteiger partial charge on any atom is 0.508 e. The number of nitro benzene ring substituents is 3. The van der Waals surface area contributed by atoms with Crippen LogP contribution in [0.4, 0.5) is 26.7 Å². The number of rotatable bonds is 16. The number of nitrogens with zero attached hydrogens (tertiary/aromatic N) is 7. The van der Waals surface area contributed by atoms with Crippen LogP contribution >= 0.6 is 23.1 Å². The third-order valence-electron chi connectivity index (χ3n) is 12.1. The topological polar surface area (TPSA) is 270 Å². The number of esters is 1. The zero-order valence-corrected chi connectivity index (χ0v) is 38.0. The van der Waals surface area contributed by atoms with Gasteiger partial charge in [-0.2, -0.15) is 4.40 Å². The number of hydrogen-bond donors (Lipinski definition) is 1. The first-order chi connectivity index (χ1) is 32.5. The SMILES string of the molecule is CSc1c2sc(C3=C(C(=O)OCc4ccc([N+](=O)[O-])cc4)N4C(=O)[C@H]([C@@H](C)O)[C@H]4[C@H]3C)cn2c[n+]1[C@@H]1C[C@@H](COC(=O)OCc2ccc([N+](=O)[O-])cc2)N(C(=O)OCc2ccc([N+](=O)[O-])cc2)C1. The number of imidazole rings is 1. The van der Waals surface area contributed by atoms with E-state index in [2.05, 4.69) is 0 Å². The van der Waals surface area contributed by atoms with E-state index in [-0.39, 0.29) is 67.7 Å². The number of amides is 2. The zero-order chi connectivity index (χ0) is 48.6. The number of aliphatic hydroxyl groups is 1. The first-order valence-corrected chi connectivity index (χ1v) is 23.0. The van der Waals surface area contributed by atoms with Gasteiger partial charge in [-0.05, 0) is 66.3 Å². The van der Waals surface area contributed by atoms with Crippen molar-refractivity contribution in [2.45, 2.75) is 69.3 Å². The fourth-order valence-electron chi connectivity index (χ4n) is 8.78. The number of β-lactam (4-membered cyclic amide) rings is 1. The molecule has 24 heteroatoms. The first-order valence-electron chi connectivity index (χ1n) is 21.0. The first kappa shape index (κ1) is 47.1. The van der Waals surface area contributed by atoms with Gasteiger partial charge in [-0.25, -0.2) is 19.0 Å². The van der Waals surface area contributed by atoms with E-state index in [1.165, 1.54) is 113 Å². The number of thioether (sulfide) groups is 1. The summed E-state index contributed by atoms with van der Waals surface area (Å²) in [6.07, 6.45) is 3.14. The molecule has 5 heterocycles. The standard InChI is InChI=1S/C44H42N7O15S2/c1-24-35(38(48-37(24)36(25(2)52)39(48)53)42(54)63-19-26-4-10-29(11-5-26)49(57)58)34-18-45-23-47(41(67-3)40(45)68-34)32-16-33(22-66-44(56)65-21-28-8-14-31(15-9-28)51(61)62)46(17-32)43(55)64-20-27-6-12-30(13-7-27)50(59)60/h4-15,18,23-25,32-33,36-37,52H,16-17,19-22H2,1-3H3/q+1/t24-,25+,32+,33-,36+,37+/m0/s1. The molecular weight excluding hydrogens is 931 g/mol. The second-order valence-electron chi connectivity index (χ2n) is 16.3. The minimum Gasteiger partial charge on any atom is -0.456 e. The lowest BCUT2D eigenvalue weighted by Gasteiger charge is -2.46. The molecule has 2 fully saturated rings. The molecule has 0 aliphatic carbocycles. The highest BCUT2D eigenvalue weighted by Gasteiger charge is 2.60. The lowest BCUT2D eigenvalue weighted by Crippen LogP contribution is -2.63. The Morgan fingerprint density at radius 3 is 1.88 bits per heavy atom. The van der Waals surface area contributed by atoms with Crippen molar-refractivity contribution < 1.29 is 62.6 Å². The summed E-state index contributed by atoms with van der Waals surface area (Å²) in [5, 5.41) is 44.7.